The molecule has 134 valence electrons. The maximum atomic E-state index is 5.99. The molecule has 1 N–H and O–H groups in total. The predicted molar refractivity (Wildman–Crippen MR) is 99.0 cm³/mol. The number of nitrogens with one attached hydrogen (secondary N) is 1. The summed E-state index contributed by atoms with van der Waals surface area (Å²) in [5.74, 6) is 1.76. The van der Waals surface area contributed by atoms with E-state index in [1.54, 1.807) is 13.3 Å². The molecule has 0 aliphatic carbocycles. The molecule has 5 nitrogen and oxygen atoms in total. The summed E-state index contributed by atoms with van der Waals surface area (Å²) in [6, 6.07) is 12.6. The van der Waals surface area contributed by atoms with Gasteiger partial charge in [-0.05, 0) is 32.0 Å². The Morgan fingerprint density at radius 3 is 2.80 bits per heavy atom. The molecule has 1 aromatic heterocycles. The van der Waals surface area contributed by atoms with E-state index in [0.717, 1.165) is 43.4 Å². The van der Waals surface area contributed by atoms with Crippen molar-refractivity contribution in [2.24, 2.45) is 0 Å². The normalized spacial score (nSPS) is 18.3. The second-order valence-electron chi connectivity index (χ2n) is 6.64. The number of pyridine rings is 1. The standard InChI is InChI=1S/C20H27N3O2/c1-15(2)25-20-7-5-4-6-18(20)19-14-23(11-10-21-19)13-16-8-9-17(24-3)12-22-16/h4-9,12,15,19,21H,10-11,13-14H2,1-3H3/t19-/m1/s1. The number of para-hydroxylation sites is 1. The van der Waals surface area contributed by atoms with Crippen LogP contribution in [0.4, 0.5) is 0 Å². The van der Waals surface area contributed by atoms with E-state index in [0.29, 0.717) is 0 Å². The van der Waals surface area contributed by atoms with Crippen LogP contribution < -0.4 is 14.8 Å². The summed E-state index contributed by atoms with van der Waals surface area (Å²) in [5, 5.41) is 3.62. The molecule has 1 aromatic carbocycles. The molecule has 2 aromatic rings. The van der Waals surface area contributed by atoms with Gasteiger partial charge < -0.3 is 14.8 Å². The van der Waals surface area contributed by atoms with Gasteiger partial charge in [0.05, 0.1) is 25.1 Å². The zero-order chi connectivity index (χ0) is 17.6. The van der Waals surface area contributed by atoms with Gasteiger partial charge in [0.1, 0.15) is 11.5 Å². The Hall–Kier alpha value is -2.11. The molecule has 0 unspecified atom stereocenters. The topological polar surface area (TPSA) is 46.6 Å². The summed E-state index contributed by atoms with van der Waals surface area (Å²) in [6.45, 7) is 7.87. The van der Waals surface area contributed by atoms with Crippen LogP contribution in [0.25, 0.3) is 0 Å². The number of methoxy groups -OCH3 is 1. The van der Waals surface area contributed by atoms with Crippen molar-refractivity contribution in [3.63, 3.8) is 0 Å². The maximum absolute atomic E-state index is 5.99. The number of aromatic nitrogens is 1. The zero-order valence-corrected chi connectivity index (χ0v) is 15.2. The van der Waals surface area contributed by atoms with E-state index in [-0.39, 0.29) is 12.1 Å². The zero-order valence-electron chi connectivity index (χ0n) is 15.2. The van der Waals surface area contributed by atoms with Crippen LogP contribution in [-0.2, 0) is 6.54 Å². The number of nitrogens with zero attached hydrogens (tertiary/aromatic N) is 2. The lowest BCUT2D eigenvalue weighted by Gasteiger charge is -2.34. The first kappa shape index (κ1) is 17.7. The van der Waals surface area contributed by atoms with E-state index < -0.39 is 0 Å². The second kappa shape index (κ2) is 8.32. The van der Waals surface area contributed by atoms with Crippen molar-refractivity contribution in [1.82, 2.24) is 15.2 Å². The number of hydrogen-bond donors (Lipinski definition) is 1. The predicted octanol–water partition coefficient (Wildman–Crippen LogP) is 3.02. The van der Waals surface area contributed by atoms with Crippen LogP contribution >= 0.6 is 0 Å². The van der Waals surface area contributed by atoms with E-state index in [9.17, 15) is 0 Å². The highest BCUT2D eigenvalue weighted by molar-refractivity contribution is 5.36. The number of piperazine rings is 1. The van der Waals surface area contributed by atoms with E-state index in [1.807, 2.05) is 18.2 Å². The highest BCUT2D eigenvalue weighted by atomic mass is 16.5. The smallest absolute Gasteiger partial charge is 0.137 e. The largest absolute Gasteiger partial charge is 0.495 e. The molecule has 5 heteroatoms. The van der Waals surface area contributed by atoms with E-state index in [1.165, 1.54) is 5.56 Å². The van der Waals surface area contributed by atoms with Crippen LogP contribution in [-0.4, -0.2) is 42.7 Å². The van der Waals surface area contributed by atoms with Gasteiger partial charge in [-0.25, -0.2) is 0 Å². The molecule has 0 bridgehead atoms. The highest BCUT2D eigenvalue weighted by Gasteiger charge is 2.23. The van der Waals surface area contributed by atoms with Crippen LogP contribution in [0.3, 0.4) is 0 Å². The third kappa shape index (κ3) is 4.71. The van der Waals surface area contributed by atoms with Gasteiger partial charge in [-0.2, -0.15) is 0 Å². The minimum Gasteiger partial charge on any atom is -0.495 e. The van der Waals surface area contributed by atoms with E-state index >= 15 is 0 Å². The molecule has 1 atom stereocenters. The van der Waals surface area contributed by atoms with E-state index in [2.05, 4.69) is 47.2 Å². The van der Waals surface area contributed by atoms with Gasteiger partial charge in [-0.1, -0.05) is 18.2 Å². The fraction of sp³-hybridized carbons (Fsp3) is 0.450. The monoisotopic (exact) mass is 341 g/mol. The van der Waals surface area contributed by atoms with Gasteiger partial charge in [0.25, 0.3) is 0 Å². The summed E-state index contributed by atoms with van der Waals surface area (Å²) in [6.07, 6.45) is 1.95. The Labute approximate surface area is 150 Å². The van der Waals surface area contributed by atoms with Crippen molar-refractivity contribution in [3.05, 3.63) is 53.9 Å². The third-order valence-electron chi connectivity index (χ3n) is 4.34. The second-order valence-corrected chi connectivity index (χ2v) is 6.64. The van der Waals surface area contributed by atoms with Gasteiger partial charge >= 0.3 is 0 Å². The quantitative estimate of drug-likeness (QED) is 0.875. The molecular formula is C20H27N3O2. The molecule has 0 radical (unpaired) electrons. The third-order valence-corrected chi connectivity index (χ3v) is 4.34. The summed E-state index contributed by atoms with van der Waals surface area (Å²) < 4.78 is 11.2. The van der Waals surface area contributed by atoms with Gasteiger partial charge in [0.15, 0.2) is 0 Å². The molecule has 1 fully saturated rings. The first-order valence-corrected chi connectivity index (χ1v) is 8.86. The Morgan fingerprint density at radius 1 is 1.24 bits per heavy atom. The molecule has 25 heavy (non-hydrogen) atoms. The lowest BCUT2D eigenvalue weighted by atomic mass is 10.0. The van der Waals surface area contributed by atoms with Gasteiger partial charge in [0, 0.05) is 37.8 Å². The molecular weight excluding hydrogens is 314 g/mol. The molecule has 1 aliphatic rings. The van der Waals surface area contributed by atoms with Gasteiger partial charge in [-0.15, -0.1) is 0 Å². The average molecular weight is 341 g/mol. The van der Waals surface area contributed by atoms with Crippen LogP contribution in [0, 0.1) is 0 Å². The molecule has 0 spiro atoms. The molecule has 1 saturated heterocycles. The Morgan fingerprint density at radius 2 is 2.08 bits per heavy atom. The van der Waals surface area contributed by atoms with Crippen molar-refractivity contribution < 1.29 is 9.47 Å². The van der Waals surface area contributed by atoms with Crippen molar-refractivity contribution in [2.75, 3.05) is 26.7 Å². The van der Waals surface area contributed by atoms with Crippen LogP contribution in [0.5, 0.6) is 11.5 Å². The van der Waals surface area contributed by atoms with Crippen molar-refractivity contribution >= 4 is 0 Å². The lowest BCUT2D eigenvalue weighted by molar-refractivity contribution is 0.184. The van der Waals surface area contributed by atoms with E-state index in [4.69, 9.17) is 9.47 Å². The summed E-state index contributed by atoms with van der Waals surface area (Å²) >= 11 is 0. The van der Waals surface area contributed by atoms with Crippen molar-refractivity contribution in [3.8, 4) is 11.5 Å². The Balaban J connectivity index is 1.68. The fourth-order valence-electron chi connectivity index (χ4n) is 3.15. The van der Waals surface area contributed by atoms with Gasteiger partial charge in [-0.3, -0.25) is 9.88 Å². The first-order chi connectivity index (χ1) is 12.2. The van der Waals surface area contributed by atoms with Crippen LogP contribution in [0.1, 0.15) is 31.1 Å². The van der Waals surface area contributed by atoms with Crippen molar-refractivity contribution in [1.29, 1.82) is 0 Å². The Kier molecular flexibility index (Phi) is 5.89. The van der Waals surface area contributed by atoms with Crippen molar-refractivity contribution in [2.45, 2.75) is 32.5 Å². The summed E-state index contributed by atoms with van der Waals surface area (Å²) in [4.78, 5) is 6.92. The highest BCUT2D eigenvalue weighted by Crippen LogP contribution is 2.28. The van der Waals surface area contributed by atoms with Crippen LogP contribution in [0.2, 0.25) is 0 Å². The summed E-state index contributed by atoms with van der Waals surface area (Å²) in [7, 11) is 1.66. The fourth-order valence-corrected chi connectivity index (χ4v) is 3.15. The lowest BCUT2D eigenvalue weighted by Crippen LogP contribution is -2.45. The number of hydrogen-bond acceptors (Lipinski definition) is 5. The molecule has 0 amide bonds. The SMILES string of the molecule is COc1ccc(CN2CCN[C@@H](c3ccccc3OC(C)C)C2)nc1. The van der Waals surface area contributed by atoms with Crippen LogP contribution in [0.15, 0.2) is 42.6 Å². The molecule has 0 saturated carbocycles. The number of benzene rings is 1. The number of rotatable bonds is 6. The van der Waals surface area contributed by atoms with Gasteiger partial charge in [0.2, 0.25) is 0 Å². The number of ether oxygens (including phenoxy) is 2. The molecule has 1 aliphatic heterocycles. The minimum absolute atomic E-state index is 0.171. The maximum Gasteiger partial charge on any atom is 0.137 e. The molecule has 3 rings (SSSR count). The minimum atomic E-state index is 0.171. The average Bonchev–Trinajstić information content (AvgIpc) is 2.62. The first-order valence-electron chi connectivity index (χ1n) is 8.86. The Bertz CT molecular complexity index is 673. The summed E-state index contributed by atoms with van der Waals surface area (Å²) in [5.41, 5.74) is 2.29. The molecule has 2 heterocycles.